The van der Waals surface area contributed by atoms with Crippen LogP contribution in [0.5, 0.6) is 0 Å². The SMILES string of the molecule is CS(=O)(=O)C(=O)[C@H](O)[C@@H](O)[C@H](O)[C@H](O)CO. The Balaban J connectivity index is 4.75. The fourth-order valence-electron chi connectivity index (χ4n) is 0.881. The molecule has 0 aliphatic rings. The molecule has 0 aromatic rings. The van der Waals surface area contributed by atoms with Gasteiger partial charge in [-0.05, 0) is 0 Å². The van der Waals surface area contributed by atoms with Crippen molar-refractivity contribution < 1.29 is 38.7 Å². The summed E-state index contributed by atoms with van der Waals surface area (Å²) in [7, 11) is -4.22. The van der Waals surface area contributed by atoms with Gasteiger partial charge in [-0.25, -0.2) is 8.42 Å². The predicted octanol–water partition coefficient (Wildman–Crippen LogP) is -4.01. The normalized spacial score (nSPS) is 19.9. The lowest BCUT2D eigenvalue weighted by molar-refractivity contribution is -0.140. The minimum Gasteiger partial charge on any atom is -0.394 e. The first-order chi connectivity index (χ1) is 7.12. The van der Waals surface area contributed by atoms with Crippen molar-refractivity contribution in [2.45, 2.75) is 24.4 Å². The number of hydrogen-bond donors (Lipinski definition) is 5. The maximum atomic E-state index is 11.0. The molecule has 0 saturated carbocycles. The molecule has 0 heterocycles. The van der Waals surface area contributed by atoms with Crippen molar-refractivity contribution in [3.05, 3.63) is 0 Å². The van der Waals surface area contributed by atoms with E-state index in [4.69, 9.17) is 25.5 Å². The Labute approximate surface area is 91.7 Å². The molecule has 0 saturated heterocycles. The van der Waals surface area contributed by atoms with Gasteiger partial charge in [0, 0.05) is 6.26 Å². The molecule has 0 aliphatic carbocycles. The first-order valence-corrected chi connectivity index (χ1v) is 6.09. The van der Waals surface area contributed by atoms with E-state index in [-0.39, 0.29) is 0 Å². The highest BCUT2D eigenvalue weighted by Crippen LogP contribution is 2.08. The van der Waals surface area contributed by atoms with Crippen molar-refractivity contribution in [1.29, 1.82) is 0 Å². The average Bonchev–Trinajstić information content (AvgIpc) is 2.22. The zero-order valence-electron chi connectivity index (χ0n) is 8.39. The summed E-state index contributed by atoms with van der Waals surface area (Å²) in [6, 6.07) is 0. The van der Waals surface area contributed by atoms with Crippen molar-refractivity contribution in [1.82, 2.24) is 0 Å². The Morgan fingerprint density at radius 2 is 1.56 bits per heavy atom. The molecule has 5 N–H and O–H groups in total. The highest BCUT2D eigenvalue weighted by Gasteiger charge is 2.37. The fraction of sp³-hybridized carbons (Fsp3) is 0.857. The number of aliphatic hydroxyl groups is 5. The minimum absolute atomic E-state index is 0.528. The van der Waals surface area contributed by atoms with Gasteiger partial charge in [-0.2, -0.15) is 0 Å². The van der Waals surface area contributed by atoms with Crippen LogP contribution in [0, 0.1) is 0 Å². The number of aliphatic hydroxyl groups excluding tert-OH is 5. The Kier molecular flexibility index (Phi) is 5.46. The maximum absolute atomic E-state index is 11.0. The van der Waals surface area contributed by atoms with Crippen LogP contribution in [0.15, 0.2) is 0 Å². The van der Waals surface area contributed by atoms with E-state index in [9.17, 15) is 13.2 Å². The van der Waals surface area contributed by atoms with Gasteiger partial charge in [-0.15, -0.1) is 0 Å². The molecule has 0 bridgehead atoms. The van der Waals surface area contributed by atoms with Crippen LogP contribution in [0.25, 0.3) is 0 Å². The third-order valence-electron chi connectivity index (χ3n) is 1.86. The minimum atomic E-state index is -4.22. The Morgan fingerprint density at radius 3 is 1.88 bits per heavy atom. The van der Waals surface area contributed by atoms with Gasteiger partial charge in [0.2, 0.25) is 9.84 Å². The van der Waals surface area contributed by atoms with Crippen LogP contribution in [-0.4, -0.2) is 76.3 Å². The Bertz CT molecular complexity index is 336. The number of carbonyl (C=O) groups excluding carboxylic acids is 1. The molecule has 0 aliphatic heterocycles. The second kappa shape index (κ2) is 5.66. The van der Waals surface area contributed by atoms with E-state index in [0.717, 1.165) is 0 Å². The molecule has 8 nitrogen and oxygen atoms in total. The van der Waals surface area contributed by atoms with Gasteiger partial charge in [0.05, 0.1) is 6.61 Å². The van der Waals surface area contributed by atoms with Gasteiger partial charge >= 0.3 is 0 Å². The first kappa shape index (κ1) is 15.4. The van der Waals surface area contributed by atoms with Crippen LogP contribution >= 0.6 is 0 Å². The van der Waals surface area contributed by atoms with E-state index in [2.05, 4.69) is 0 Å². The molecule has 9 heteroatoms. The summed E-state index contributed by atoms with van der Waals surface area (Å²) in [5, 5.41) is 43.0. The molecule has 16 heavy (non-hydrogen) atoms. The van der Waals surface area contributed by atoms with Crippen molar-refractivity contribution >= 4 is 15.0 Å². The summed E-state index contributed by atoms with van der Waals surface area (Å²) in [5.41, 5.74) is 0. The molecular formula is C7H14O8S. The van der Waals surface area contributed by atoms with Crippen molar-refractivity contribution in [2.75, 3.05) is 12.9 Å². The van der Waals surface area contributed by atoms with Gasteiger partial charge in [-0.1, -0.05) is 0 Å². The van der Waals surface area contributed by atoms with E-state index >= 15 is 0 Å². The second-order valence-corrected chi connectivity index (χ2v) is 5.21. The van der Waals surface area contributed by atoms with E-state index in [0.29, 0.717) is 6.26 Å². The molecule has 0 spiro atoms. The molecule has 96 valence electrons. The number of rotatable bonds is 5. The third kappa shape index (κ3) is 3.77. The molecule has 0 unspecified atom stereocenters. The zero-order valence-corrected chi connectivity index (χ0v) is 9.20. The second-order valence-electron chi connectivity index (χ2n) is 3.27. The van der Waals surface area contributed by atoms with Crippen LogP contribution in [0.4, 0.5) is 0 Å². The molecule has 0 aromatic carbocycles. The first-order valence-electron chi connectivity index (χ1n) is 4.20. The van der Waals surface area contributed by atoms with Crippen LogP contribution in [0.2, 0.25) is 0 Å². The molecular weight excluding hydrogens is 244 g/mol. The van der Waals surface area contributed by atoms with Crippen LogP contribution in [0.1, 0.15) is 0 Å². The smallest absolute Gasteiger partial charge is 0.277 e. The van der Waals surface area contributed by atoms with Gasteiger partial charge in [0.1, 0.15) is 18.3 Å². The summed E-state index contributed by atoms with van der Waals surface area (Å²) in [4.78, 5) is 11.0. The Morgan fingerprint density at radius 1 is 1.12 bits per heavy atom. The molecule has 0 amide bonds. The monoisotopic (exact) mass is 258 g/mol. The van der Waals surface area contributed by atoms with E-state index in [1.807, 2.05) is 0 Å². The fourth-order valence-corrected chi connectivity index (χ4v) is 1.46. The van der Waals surface area contributed by atoms with E-state index < -0.39 is 46.0 Å². The summed E-state index contributed by atoms with van der Waals surface area (Å²) in [5.74, 6) is 0. The van der Waals surface area contributed by atoms with Crippen molar-refractivity contribution in [3.8, 4) is 0 Å². The summed E-state index contributed by atoms with van der Waals surface area (Å²) in [6.45, 7) is -0.919. The van der Waals surface area contributed by atoms with E-state index in [1.165, 1.54) is 0 Å². The molecule has 0 rings (SSSR count). The largest absolute Gasteiger partial charge is 0.394 e. The summed E-state index contributed by atoms with van der Waals surface area (Å²) < 4.78 is 21.4. The Hall–Kier alpha value is -0.580. The van der Waals surface area contributed by atoms with Crippen molar-refractivity contribution in [3.63, 3.8) is 0 Å². The standard InChI is InChI=1S/C7H14O8S/c1-16(14,15)7(13)6(12)5(11)4(10)3(9)2-8/h3-6,8-12H,2H2,1H3/t3-,4-,5+,6-/m1/s1. The lowest BCUT2D eigenvalue weighted by Gasteiger charge is -2.24. The molecule has 0 fully saturated rings. The number of hydrogen-bond acceptors (Lipinski definition) is 8. The van der Waals surface area contributed by atoms with Crippen LogP contribution in [0.3, 0.4) is 0 Å². The lowest BCUT2D eigenvalue weighted by Crippen LogP contribution is -2.49. The van der Waals surface area contributed by atoms with Gasteiger partial charge < -0.3 is 25.5 Å². The zero-order chi connectivity index (χ0) is 13.1. The van der Waals surface area contributed by atoms with Gasteiger partial charge in [0.25, 0.3) is 5.12 Å². The van der Waals surface area contributed by atoms with Crippen molar-refractivity contribution in [2.24, 2.45) is 0 Å². The van der Waals surface area contributed by atoms with Gasteiger partial charge in [-0.3, -0.25) is 4.79 Å². The molecule has 0 radical (unpaired) electrons. The predicted molar refractivity (Wildman–Crippen MR) is 51.0 cm³/mol. The summed E-state index contributed by atoms with van der Waals surface area (Å²) in [6.07, 6.45) is -7.89. The van der Waals surface area contributed by atoms with Crippen LogP contribution in [-0.2, 0) is 14.6 Å². The summed E-state index contributed by atoms with van der Waals surface area (Å²) >= 11 is 0. The highest BCUT2D eigenvalue weighted by atomic mass is 32.2. The molecule has 4 atom stereocenters. The number of carbonyl (C=O) groups is 1. The quantitative estimate of drug-likeness (QED) is 0.334. The van der Waals surface area contributed by atoms with Crippen LogP contribution < -0.4 is 0 Å². The lowest BCUT2D eigenvalue weighted by atomic mass is 10.0. The van der Waals surface area contributed by atoms with E-state index in [1.54, 1.807) is 0 Å². The topological polar surface area (TPSA) is 152 Å². The highest BCUT2D eigenvalue weighted by molar-refractivity contribution is 8.05. The number of sulfone groups is 1. The average molecular weight is 258 g/mol. The third-order valence-corrected chi connectivity index (χ3v) is 2.83. The maximum Gasteiger partial charge on any atom is 0.277 e. The van der Waals surface area contributed by atoms with Gasteiger partial charge in [0.15, 0.2) is 6.10 Å². The molecule has 0 aromatic heterocycles.